The van der Waals surface area contributed by atoms with E-state index in [1.165, 1.54) is 4.90 Å². The topological polar surface area (TPSA) is 137 Å². The standard InChI is InChI=1S/C11H13N3O5/c12-11(10(18)19)1-2-14(5-11)9(17)6-3-7(15)13-8(16)4-6/h3-4H,1-2,5,12H2,(H,18,19)(H2,13,15,16). The van der Waals surface area contributed by atoms with Gasteiger partial charge in [0.05, 0.1) is 5.56 Å². The van der Waals surface area contributed by atoms with Crippen LogP contribution in [0.4, 0.5) is 0 Å². The van der Waals surface area contributed by atoms with E-state index in [1.54, 1.807) is 0 Å². The first-order valence-corrected chi connectivity index (χ1v) is 5.57. The highest BCUT2D eigenvalue weighted by Crippen LogP contribution is 2.21. The Balaban J connectivity index is 2.22. The van der Waals surface area contributed by atoms with Crippen molar-refractivity contribution in [2.24, 2.45) is 5.73 Å². The second-order valence-electron chi connectivity index (χ2n) is 4.56. The van der Waals surface area contributed by atoms with E-state index in [-0.39, 0.29) is 25.1 Å². The van der Waals surface area contributed by atoms with Crippen LogP contribution in [-0.2, 0) is 4.79 Å². The Bertz CT molecular complexity index is 596. The van der Waals surface area contributed by atoms with Gasteiger partial charge in [0.2, 0.25) is 0 Å². The second-order valence-corrected chi connectivity index (χ2v) is 4.56. The number of aromatic hydroxyl groups is 1. The number of carbonyl (C=O) groups excluding carboxylic acids is 1. The molecule has 102 valence electrons. The largest absolute Gasteiger partial charge is 0.494 e. The molecule has 1 aliphatic heterocycles. The molecule has 1 saturated heterocycles. The molecule has 1 aromatic rings. The van der Waals surface area contributed by atoms with Crippen molar-refractivity contribution >= 4 is 11.9 Å². The minimum Gasteiger partial charge on any atom is -0.494 e. The Hall–Kier alpha value is -2.35. The fraction of sp³-hybridized carbons (Fsp3) is 0.364. The number of carboxylic acid groups (broad SMARTS) is 1. The van der Waals surface area contributed by atoms with Gasteiger partial charge in [0.1, 0.15) is 5.54 Å². The molecular weight excluding hydrogens is 254 g/mol. The molecule has 1 aromatic heterocycles. The number of nitrogens with two attached hydrogens (primary N) is 1. The molecule has 0 radical (unpaired) electrons. The monoisotopic (exact) mass is 267 g/mol. The first-order valence-electron chi connectivity index (χ1n) is 5.57. The number of amides is 1. The molecule has 0 spiro atoms. The summed E-state index contributed by atoms with van der Waals surface area (Å²) in [6.07, 6.45) is 0.142. The van der Waals surface area contributed by atoms with E-state index in [1.807, 2.05) is 0 Å². The molecule has 0 bridgehead atoms. The number of nitrogens with zero attached hydrogens (tertiary/aromatic N) is 1. The van der Waals surface area contributed by atoms with Gasteiger partial charge in [-0.25, -0.2) is 0 Å². The van der Waals surface area contributed by atoms with Crippen molar-refractivity contribution in [3.63, 3.8) is 0 Å². The van der Waals surface area contributed by atoms with Gasteiger partial charge in [-0.05, 0) is 6.42 Å². The molecule has 8 nitrogen and oxygen atoms in total. The lowest BCUT2D eigenvalue weighted by molar-refractivity contribution is -0.142. The van der Waals surface area contributed by atoms with Gasteiger partial charge in [-0.2, -0.15) is 0 Å². The van der Waals surface area contributed by atoms with E-state index in [0.29, 0.717) is 0 Å². The lowest BCUT2D eigenvalue weighted by Crippen LogP contribution is -2.50. The van der Waals surface area contributed by atoms with Crippen LogP contribution in [0.3, 0.4) is 0 Å². The van der Waals surface area contributed by atoms with Crippen LogP contribution in [0.5, 0.6) is 5.88 Å². The summed E-state index contributed by atoms with van der Waals surface area (Å²) >= 11 is 0. The van der Waals surface area contributed by atoms with E-state index >= 15 is 0 Å². The zero-order valence-electron chi connectivity index (χ0n) is 9.92. The SMILES string of the molecule is NC1(C(=O)O)CCN(C(=O)c2cc(O)[nH]c(=O)c2)C1. The summed E-state index contributed by atoms with van der Waals surface area (Å²) in [5, 5.41) is 18.2. The fourth-order valence-corrected chi connectivity index (χ4v) is 2.02. The molecule has 1 aliphatic rings. The highest BCUT2D eigenvalue weighted by Gasteiger charge is 2.43. The minimum absolute atomic E-state index is 0.00381. The summed E-state index contributed by atoms with van der Waals surface area (Å²) in [4.78, 5) is 37.6. The third-order valence-electron chi connectivity index (χ3n) is 3.09. The fourth-order valence-electron chi connectivity index (χ4n) is 2.02. The molecule has 1 atom stereocenters. The van der Waals surface area contributed by atoms with Crippen LogP contribution < -0.4 is 11.3 Å². The van der Waals surface area contributed by atoms with Crippen LogP contribution in [-0.4, -0.2) is 50.6 Å². The summed E-state index contributed by atoms with van der Waals surface area (Å²) in [5.74, 6) is -2.13. The summed E-state index contributed by atoms with van der Waals surface area (Å²) in [7, 11) is 0. The maximum atomic E-state index is 12.1. The minimum atomic E-state index is -1.46. The Morgan fingerprint density at radius 2 is 2.11 bits per heavy atom. The number of nitrogens with one attached hydrogen (secondary N) is 1. The smallest absolute Gasteiger partial charge is 0.325 e. The number of aliphatic carboxylic acids is 1. The summed E-state index contributed by atoms with van der Waals surface area (Å²) < 4.78 is 0. The summed E-state index contributed by atoms with van der Waals surface area (Å²) in [6.45, 7) is 0.0594. The number of hydrogen-bond donors (Lipinski definition) is 4. The maximum Gasteiger partial charge on any atom is 0.325 e. The van der Waals surface area contributed by atoms with Gasteiger partial charge in [0.15, 0.2) is 5.88 Å². The Morgan fingerprint density at radius 3 is 2.63 bits per heavy atom. The number of likely N-dealkylation sites (tertiary alicyclic amines) is 1. The first kappa shape index (κ1) is 13.1. The number of rotatable bonds is 2. The molecule has 2 rings (SSSR count). The molecule has 0 aromatic carbocycles. The van der Waals surface area contributed by atoms with E-state index in [0.717, 1.165) is 12.1 Å². The van der Waals surface area contributed by atoms with E-state index in [9.17, 15) is 19.5 Å². The Kier molecular flexibility index (Phi) is 3.03. The molecule has 8 heteroatoms. The third-order valence-corrected chi connectivity index (χ3v) is 3.09. The van der Waals surface area contributed by atoms with Crippen molar-refractivity contribution < 1.29 is 19.8 Å². The van der Waals surface area contributed by atoms with Gasteiger partial charge in [0, 0.05) is 25.2 Å². The molecule has 19 heavy (non-hydrogen) atoms. The third kappa shape index (κ3) is 2.43. The average Bonchev–Trinajstić information content (AvgIpc) is 2.71. The average molecular weight is 267 g/mol. The van der Waals surface area contributed by atoms with Crippen LogP contribution in [0.25, 0.3) is 0 Å². The van der Waals surface area contributed by atoms with Gasteiger partial charge < -0.3 is 20.8 Å². The van der Waals surface area contributed by atoms with Crippen molar-refractivity contribution in [3.05, 3.63) is 28.0 Å². The van der Waals surface area contributed by atoms with Crippen LogP contribution >= 0.6 is 0 Å². The number of pyridine rings is 1. The lowest BCUT2D eigenvalue weighted by atomic mass is 10.0. The zero-order chi connectivity index (χ0) is 14.2. The maximum absolute atomic E-state index is 12.1. The van der Waals surface area contributed by atoms with Crippen molar-refractivity contribution in [2.45, 2.75) is 12.0 Å². The van der Waals surface area contributed by atoms with Crippen LogP contribution in [0.15, 0.2) is 16.9 Å². The van der Waals surface area contributed by atoms with Crippen molar-refractivity contribution in [3.8, 4) is 5.88 Å². The molecule has 0 aliphatic carbocycles. The van der Waals surface area contributed by atoms with Crippen LogP contribution in [0, 0.1) is 0 Å². The highest BCUT2D eigenvalue weighted by molar-refractivity contribution is 5.95. The lowest BCUT2D eigenvalue weighted by Gasteiger charge is -2.20. The Labute approximate surface area is 107 Å². The van der Waals surface area contributed by atoms with E-state index < -0.39 is 28.9 Å². The molecule has 1 amide bonds. The number of carbonyl (C=O) groups is 2. The predicted molar refractivity (Wildman–Crippen MR) is 63.8 cm³/mol. The normalized spacial score (nSPS) is 22.5. The predicted octanol–water partition coefficient (Wildman–Crippen LogP) is -1.29. The molecule has 0 saturated carbocycles. The molecule has 1 fully saturated rings. The van der Waals surface area contributed by atoms with Gasteiger partial charge in [-0.1, -0.05) is 0 Å². The van der Waals surface area contributed by atoms with E-state index in [2.05, 4.69) is 4.98 Å². The van der Waals surface area contributed by atoms with Crippen molar-refractivity contribution in [2.75, 3.05) is 13.1 Å². The quantitative estimate of drug-likeness (QED) is 0.526. The second kappa shape index (κ2) is 4.39. The van der Waals surface area contributed by atoms with Gasteiger partial charge in [0.25, 0.3) is 11.5 Å². The summed E-state index contributed by atoms with van der Waals surface area (Å²) in [5.41, 5.74) is 3.58. The highest BCUT2D eigenvalue weighted by atomic mass is 16.4. The zero-order valence-corrected chi connectivity index (χ0v) is 9.92. The van der Waals surface area contributed by atoms with Crippen molar-refractivity contribution in [1.29, 1.82) is 0 Å². The van der Waals surface area contributed by atoms with Crippen LogP contribution in [0.1, 0.15) is 16.8 Å². The molecule has 2 heterocycles. The van der Waals surface area contributed by atoms with Gasteiger partial charge in [-0.3, -0.25) is 19.4 Å². The number of aromatic nitrogens is 1. The number of aromatic amines is 1. The molecule has 1 unspecified atom stereocenters. The number of carboxylic acids is 1. The molecular formula is C11H13N3O5. The first-order chi connectivity index (χ1) is 8.82. The number of H-pyrrole nitrogens is 1. The number of hydrogen-bond acceptors (Lipinski definition) is 5. The van der Waals surface area contributed by atoms with Gasteiger partial charge in [-0.15, -0.1) is 0 Å². The Morgan fingerprint density at radius 1 is 1.42 bits per heavy atom. The van der Waals surface area contributed by atoms with Gasteiger partial charge >= 0.3 is 5.97 Å². The van der Waals surface area contributed by atoms with Crippen molar-refractivity contribution in [1.82, 2.24) is 9.88 Å². The molecule has 5 N–H and O–H groups in total. The van der Waals surface area contributed by atoms with Crippen LogP contribution in [0.2, 0.25) is 0 Å². The summed E-state index contributed by atoms with van der Waals surface area (Å²) in [6, 6.07) is 2.15. The van der Waals surface area contributed by atoms with E-state index in [4.69, 9.17) is 10.8 Å².